The van der Waals surface area contributed by atoms with Crippen molar-refractivity contribution < 1.29 is 17.9 Å². The van der Waals surface area contributed by atoms with Gasteiger partial charge in [0, 0.05) is 5.02 Å². The van der Waals surface area contributed by atoms with E-state index in [1.807, 2.05) is 6.92 Å². The molecule has 5 rings (SSSR count). The van der Waals surface area contributed by atoms with Crippen LogP contribution in [-0.4, -0.2) is 27.0 Å². The number of carbonyl (C=O) groups excluding carboxylic acids is 1. The van der Waals surface area contributed by atoms with Gasteiger partial charge in [-0.05, 0) is 79.6 Å². The lowest BCUT2D eigenvalue weighted by molar-refractivity contribution is -0.128. The Kier molecular flexibility index (Phi) is 6.47. The minimum absolute atomic E-state index is 0.134. The van der Waals surface area contributed by atoms with Gasteiger partial charge in [-0.1, -0.05) is 48.0 Å². The first-order valence-corrected chi connectivity index (χ1v) is 13.6. The lowest BCUT2D eigenvalue weighted by Gasteiger charge is -2.35. The predicted molar refractivity (Wildman–Crippen MR) is 136 cm³/mol. The maximum absolute atomic E-state index is 13.5. The molecule has 1 N–H and O–H groups in total. The number of fused-ring (bicyclic) bond motifs is 2. The lowest BCUT2D eigenvalue weighted by Crippen LogP contribution is -2.51. The van der Waals surface area contributed by atoms with Crippen molar-refractivity contribution in [1.82, 2.24) is 5.32 Å². The zero-order valence-corrected chi connectivity index (χ0v) is 21.0. The van der Waals surface area contributed by atoms with Gasteiger partial charge in [-0.3, -0.25) is 9.10 Å². The molecule has 1 aliphatic carbocycles. The Morgan fingerprint density at radius 1 is 1.03 bits per heavy atom. The van der Waals surface area contributed by atoms with Gasteiger partial charge in [0.2, 0.25) is 0 Å². The molecule has 1 aliphatic heterocycles. The number of ether oxygens (including phenoxy) is 1. The largest absolute Gasteiger partial charge is 0.476 e. The minimum Gasteiger partial charge on any atom is -0.476 e. The van der Waals surface area contributed by atoms with Gasteiger partial charge in [0.05, 0.1) is 23.2 Å². The van der Waals surface area contributed by atoms with E-state index in [1.165, 1.54) is 40.4 Å². The first-order chi connectivity index (χ1) is 16.8. The summed E-state index contributed by atoms with van der Waals surface area (Å²) in [4.78, 5) is 13.4. The van der Waals surface area contributed by atoms with E-state index in [9.17, 15) is 13.2 Å². The van der Waals surface area contributed by atoms with Crippen LogP contribution >= 0.6 is 11.6 Å². The maximum atomic E-state index is 13.5. The van der Waals surface area contributed by atoms with Gasteiger partial charge in [-0.25, -0.2) is 8.42 Å². The molecule has 182 valence electrons. The third kappa shape index (κ3) is 4.75. The van der Waals surface area contributed by atoms with Crippen molar-refractivity contribution in [3.63, 3.8) is 0 Å². The first kappa shape index (κ1) is 23.7. The third-order valence-corrected chi connectivity index (χ3v) is 8.67. The number of anilines is 1. The fraction of sp³-hybridized carbons (Fsp3) is 0.296. The topological polar surface area (TPSA) is 75.7 Å². The van der Waals surface area contributed by atoms with Gasteiger partial charge in [0.1, 0.15) is 5.75 Å². The van der Waals surface area contributed by atoms with E-state index >= 15 is 0 Å². The van der Waals surface area contributed by atoms with Crippen LogP contribution in [0.5, 0.6) is 5.75 Å². The van der Waals surface area contributed by atoms with Crippen LogP contribution in [0.25, 0.3) is 0 Å². The molecule has 35 heavy (non-hydrogen) atoms. The van der Waals surface area contributed by atoms with Crippen molar-refractivity contribution >= 4 is 33.2 Å². The number of hydrogen-bond acceptors (Lipinski definition) is 4. The number of amides is 1. The Balaban J connectivity index is 1.40. The molecule has 0 aromatic heterocycles. The van der Waals surface area contributed by atoms with E-state index < -0.39 is 16.1 Å². The molecule has 1 amide bonds. The van der Waals surface area contributed by atoms with Crippen molar-refractivity contribution in [2.24, 2.45) is 0 Å². The summed E-state index contributed by atoms with van der Waals surface area (Å²) in [5.41, 5.74) is 4.06. The second-order valence-corrected chi connectivity index (χ2v) is 11.3. The third-order valence-electron chi connectivity index (χ3n) is 6.65. The molecule has 1 heterocycles. The van der Waals surface area contributed by atoms with Crippen molar-refractivity contribution in [2.45, 2.75) is 49.6 Å². The van der Waals surface area contributed by atoms with E-state index in [4.69, 9.17) is 16.3 Å². The Hall–Kier alpha value is -3.03. The highest BCUT2D eigenvalue weighted by Crippen LogP contribution is 2.39. The molecule has 0 saturated heterocycles. The quantitative estimate of drug-likeness (QED) is 0.521. The van der Waals surface area contributed by atoms with Crippen LogP contribution in [0.1, 0.15) is 42.5 Å². The summed E-state index contributed by atoms with van der Waals surface area (Å²) in [6.07, 6.45) is 3.54. The highest BCUT2D eigenvalue weighted by atomic mass is 35.5. The molecule has 2 atom stereocenters. The molecular formula is C27H27ClN2O4S. The monoisotopic (exact) mass is 510 g/mol. The molecule has 0 radical (unpaired) electrons. The normalized spacial score (nSPS) is 18.1. The highest BCUT2D eigenvalue weighted by molar-refractivity contribution is 7.92. The van der Waals surface area contributed by atoms with E-state index in [-0.39, 0.29) is 23.4 Å². The van der Waals surface area contributed by atoms with Crippen LogP contribution in [0, 0.1) is 0 Å². The average molecular weight is 511 g/mol. The van der Waals surface area contributed by atoms with Gasteiger partial charge in [0.25, 0.3) is 15.9 Å². The number of benzene rings is 3. The number of aryl methyl sites for hydroxylation is 2. The van der Waals surface area contributed by atoms with Crippen molar-refractivity contribution in [2.75, 3.05) is 10.8 Å². The number of carbonyl (C=O) groups is 1. The predicted octanol–water partition coefficient (Wildman–Crippen LogP) is 5.05. The molecule has 3 aromatic carbocycles. The zero-order valence-electron chi connectivity index (χ0n) is 19.4. The molecule has 3 aromatic rings. The SMILES string of the molecule is CC(NC(=O)C1CN(S(=O)(=O)c2ccccc2)c2cc(Cl)ccc2O1)c1ccc2c(c1)CCCC2. The summed E-state index contributed by atoms with van der Waals surface area (Å²) in [6, 6.07) is 19.0. The number of hydrogen-bond donors (Lipinski definition) is 1. The van der Waals surface area contributed by atoms with E-state index in [0.717, 1.165) is 18.4 Å². The maximum Gasteiger partial charge on any atom is 0.264 e. The summed E-state index contributed by atoms with van der Waals surface area (Å²) in [5.74, 6) is -0.0779. The van der Waals surface area contributed by atoms with Gasteiger partial charge < -0.3 is 10.1 Å². The number of halogens is 1. The Labute approximate surface area is 210 Å². The van der Waals surface area contributed by atoms with Crippen LogP contribution in [0.15, 0.2) is 71.6 Å². The van der Waals surface area contributed by atoms with Gasteiger partial charge >= 0.3 is 0 Å². The van der Waals surface area contributed by atoms with Crippen LogP contribution in [0.2, 0.25) is 5.02 Å². The van der Waals surface area contributed by atoms with Gasteiger partial charge in [-0.2, -0.15) is 0 Å². The van der Waals surface area contributed by atoms with Gasteiger partial charge in [0.15, 0.2) is 6.10 Å². The Morgan fingerprint density at radius 2 is 1.77 bits per heavy atom. The van der Waals surface area contributed by atoms with Gasteiger partial charge in [-0.15, -0.1) is 0 Å². The molecule has 0 saturated carbocycles. The van der Waals surface area contributed by atoms with Crippen molar-refractivity contribution in [1.29, 1.82) is 0 Å². The van der Waals surface area contributed by atoms with Crippen LogP contribution in [-0.2, 0) is 27.7 Å². The number of sulfonamides is 1. The van der Waals surface area contributed by atoms with Crippen LogP contribution in [0.3, 0.4) is 0 Å². The van der Waals surface area contributed by atoms with E-state index in [0.29, 0.717) is 16.5 Å². The molecule has 2 unspecified atom stereocenters. The summed E-state index contributed by atoms with van der Waals surface area (Å²) < 4.78 is 34.2. The smallest absolute Gasteiger partial charge is 0.264 e. The van der Waals surface area contributed by atoms with Crippen molar-refractivity contribution in [3.8, 4) is 5.75 Å². The van der Waals surface area contributed by atoms with E-state index in [1.54, 1.807) is 36.4 Å². The number of rotatable bonds is 5. The molecule has 0 fully saturated rings. The van der Waals surface area contributed by atoms with Crippen LogP contribution < -0.4 is 14.4 Å². The highest BCUT2D eigenvalue weighted by Gasteiger charge is 2.38. The summed E-state index contributed by atoms with van der Waals surface area (Å²) in [5, 5.41) is 3.39. The molecule has 8 heteroatoms. The standard InChI is InChI=1S/C27H27ClN2O4S/c1-18(20-12-11-19-7-5-6-8-21(19)15-20)29-27(31)26-17-30(24-16-22(28)13-14-25(24)34-26)35(32,33)23-9-3-2-4-10-23/h2-4,9-16,18,26H,5-8,17H2,1H3,(H,29,31). The molecule has 0 bridgehead atoms. The second-order valence-electron chi connectivity index (χ2n) is 9.03. The zero-order chi connectivity index (χ0) is 24.6. The fourth-order valence-electron chi connectivity index (χ4n) is 4.72. The fourth-order valence-corrected chi connectivity index (χ4v) is 6.38. The molecule has 6 nitrogen and oxygen atoms in total. The van der Waals surface area contributed by atoms with E-state index in [2.05, 4.69) is 23.5 Å². The first-order valence-electron chi connectivity index (χ1n) is 11.8. The summed E-state index contributed by atoms with van der Waals surface area (Å²) >= 11 is 6.17. The lowest BCUT2D eigenvalue weighted by atomic mass is 9.89. The number of nitrogens with zero attached hydrogens (tertiary/aromatic N) is 1. The molecule has 2 aliphatic rings. The average Bonchev–Trinajstić information content (AvgIpc) is 2.88. The van der Waals surface area contributed by atoms with Crippen LogP contribution in [0.4, 0.5) is 5.69 Å². The van der Waals surface area contributed by atoms with Crippen molar-refractivity contribution in [3.05, 3.63) is 88.4 Å². The summed E-state index contributed by atoms with van der Waals surface area (Å²) in [7, 11) is -3.93. The molecule has 0 spiro atoms. The number of nitrogens with one attached hydrogen (secondary N) is 1. The Bertz CT molecular complexity index is 1360. The molecular weight excluding hydrogens is 484 g/mol. The second kappa shape index (κ2) is 9.55. The Morgan fingerprint density at radius 3 is 2.54 bits per heavy atom. The summed E-state index contributed by atoms with van der Waals surface area (Å²) in [6.45, 7) is 1.77. The minimum atomic E-state index is -3.93.